The fraction of sp³-hybridized carbons (Fsp3) is 0.286. The van der Waals surface area contributed by atoms with E-state index in [1.807, 2.05) is 24.3 Å². The lowest BCUT2D eigenvalue weighted by Gasteiger charge is -2.14. The molecule has 3 heteroatoms. The molecule has 17 heavy (non-hydrogen) atoms. The fourth-order valence-electron chi connectivity index (χ4n) is 1.94. The Balaban J connectivity index is 2.44. The molecule has 2 aromatic carbocycles. The number of nitrogens with two attached hydrogens (primary N) is 1. The van der Waals surface area contributed by atoms with Crippen molar-refractivity contribution >= 4 is 10.8 Å². The molecule has 0 radical (unpaired) electrons. The lowest BCUT2D eigenvalue weighted by atomic mass is 10.0. The first-order valence-corrected chi connectivity index (χ1v) is 5.59. The number of hydrogen-bond acceptors (Lipinski definition) is 3. The summed E-state index contributed by atoms with van der Waals surface area (Å²) in [6, 6.07) is 12.2. The summed E-state index contributed by atoms with van der Waals surface area (Å²) in [6.45, 7) is 0.484. The molecule has 0 amide bonds. The van der Waals surface area contributed by atoms with Crippen LogP contribution in [-0.4, -0.2) is 20.8 Å². The Bertz CT molecular complexity index is 507. The van der Waals surface area contributed by atoms with Crippen molar-refractivity contribution in [3.63, 3.8) is 0 Å². The second-order valence-electron chi connectivity index (χ2n) is 3.93. The maximum atomic E-state index is 5.66. The van der Waals surface area contributed by atoms with E-state index < -0.39 is 0 Å². The van der Waals surface area contributed by atoms with Crippen LogP contribution in [0.3, 0.4) is 0 Å². The van der Waals surface area contributed by atoms with Gasteiger partial charge in [-0.1, -0.05) is 18.2 Å². The molecule has 0 saturated heterocycles. The molecule has 0 spiro atoms. The smallest absolute Gasteiger partial charge is 0.119 e. The summed E-state index contributed by atoms with van der Waals surface area (Å²) in [5.41, 5.74) is 6.76. The molecule has 0 aliphatic rings. The van der Waals surface area contributed by atoms with E-state index in [9.17, 15) is 0 Å². The van der Waals surface area contributed by atoms with Crippen LogP contribution in [-0.2, 0) is 4.74 Å². The van der Waals surface area contributed by atoms with Gasteiger partial charge in [0.15, 0.2) is 0 Å². The molecule has 1 atom stereocenters. The van der Waals surface area contributed by atoms with Gasteiger partial charge in [-0.2, -0.15) is 0 Å². The van der Waals surface area contributed by atoms with E-state index in [-0.39, 0.29) is 6.10 Å². The van der Waals surface area contributed by atoms with Crippen LogP contribution >= 0.6 is 0 Å². The van der Waals surface area contributed by atoms with Gasteiger partial charge >= 0.3 is 0 Å². The molecular formula is C14H17NO2. The van der Waals surface area contributed by atoms with Crippen molar-refractivity contribution in [2.45, 2.75) is 6.10 Å². The lowest BCUT2D eigenvalue weighted by molar-refractivity contribution is 0.110. The third kappa shape index (κ3) is 2.40. The monoisotopic (exact) mass is 231 g/mol. The van der Waals surface area contributed by atoms with E-state index in [1.165, 1.54) is 5.39 Å². The molecule has 0 aromatic heterocycles. The van der Waals surface area contributed by atoms with Gasteiger partial charge in [-0.3, -0.25) is 0 Å². The fourth-order valence-corrected chi connectivity index (χ4v) is 1.94. The lowest BCUT2D eigenvalue weighted by Crippen LogP contribution is -2.13. The predicted molar refractivity (Wildman–Crippen MR) is 69.3 cm³/mol. The van der Waals surface area contributed by atoms with E-state index in [1.54, 1.807) is 14.2 Å². The average Bonchev–Trinajstić information content (AvgIpc) is 2.39. The molecule has 0 bridgehead atoms. The van der Waals surface area contributed by atoms with Gasteiger partial charge in [-0.05, 0) is 34.5 Å². The van der Waals surface area contributed by atoms with Crippen molar-refractivity contribution in [1.82, 2.24) is 0 Å². The Morgan fingerprint density at radius 1 is 1.06 bits per heavy atom. The van der Waals surface area contributed by atoms with E-state index in [0.29, 0.717) is 6.54 Å². The third-order valence-electron chi connectivity index (χ3n) is 2.94. The molecule has 2 aromatic rings. The molecule has 2 rings (SSSR count). The predicted octanol–water partition coefficient (Wildman–Crippen LogP) is 2.49. The molecule has 0 heterocycles. The standard InChI is InChI=1S/C14H17NO2/c1-16-13-6-5-10-7-12(14(9-15)17-2)4-3-11(10)8-13/h3-8,14H,9,15H2,1-2H3. The maximum absolute atomic E-state index is 5.66. The van der Waals surface area contributed by atoms with Crippen LogP contribution < -0.4 is 10.5 Å². The van der Waals surface area contributed by atoms with E-state index >= 15 is 0 Å². The zero-order valence-electron chi connectivity index (χ0n) is 10.1. The zero-order chi connectivity index (χ0) is 12.3. The van der Waals surface area contributed by atoms with Gasteiger partial charge in [-0.15, -0.1) is 0 Å². The summed E-state index contributed by atoms with van der Waals surface area (Å²) in [7, 11) is 3.35. The number of fused-ring (bicyclic) bond motifs is 1. The second-order valence-corrected chi connectivity index (χ2v) is 3.93. The third-order valence-corrected chi connectivity index (χ3v) is 2.94. The number of rotatable bonds is 4. The molecular weight excluding hydrogens is 214 g/mol. The summed E-state index contributed by atoms with van der Waals surface area (Å²) in [4.78, 5) is 0. The molecule has 0 aliphatic heterocycles. The number of benzene rings is 2. The van der Waals surface area contributed by atoms with Crippen LogP contribution in [0.2, 0.25) is 0 Å². The van der Waals surface area contributed by atoms with Crippen molar-refractivity contribution in [2.24, 2.45) is 5.73 Å². The van der Waals surface area contributed by atoms with Crippen LogP contribution in [0.25, 0.3) is 10.8 Å². The summed E-state index contributed by atoms with van der Waals surface area (Å²) in [6.07, 6.45) is -0.0403. The zero-order valence-corrected chi connectivity index (χ0v) is 10.1. The van der Waals surface area contributed by atoms with Gasteiger partial charge < -0.3 is 15.2 Å². The first-order valence-electron chi connectivity index (χ1n) is 5.59. The topological polar surface area (TPSA) is 44.5 Å². The van der Waals surface area contributed by atoms with E-state index in [0.717, 1.165) is 16.7 Å². The summed E-state index contributed by atoms with van der Waals surface area (Å²) >= 11 is 0. The summed E-state index contributed by atoms with van der Waals surface area (Å²) in [5.74, 6) is 0.868. The van der Waals surface area contributed by atoms with Crippen LogP contribution in [0.1, 0.15) is 11.7 Å². The molecule has 1 unspecified atom stereocenters. The minimum absolute atomic E-state index is 0.0403. The Hall–Kier alpha value is -1.58. The first-order chi connectivity index (χ1) is 8.28. The second kappa shape index (κ2) is 5.17. The van der Waals surface area contributed by atoms with Crippen LogP contribution in [0.15, 0.2) is 36.4 Å². The van der Waals surface area contributed by atoms with Crippen LogP contribution in [0.4, 0.5) is 0 Å². The van der Waals surface area contributed by atoms with Crippen molar-refractivity contribution < 1.29 is 9.47 Å². The first kappa shape index (κ1) is 11.9. The highest BCUT2D eigenvalue weighted by Gasteiger charge is 2.08. The molecule has 90 valence electrons. The Morgan fingerprint density at radius 2 is 1.76 bits per heavy atom. The van der Waals surface area contributed by atoms with E-state index in [2.05, 4.69) is 12.1 Å². The summed E-state index contributed by atoms with van der Waals surface area (Å²) in [5, 5.41) is 2.32. The molecule has 0 fully saturated rings. The molecule has 0 aliphatic carbocycles. The average molecular weight is 231 g/mol. The van der Waals surface area contributed by atoms with Gasteiger partial charge in [0.2, 0.25) is 0 Å². The van der Waals surface area contributed by atoms with Gasteiger partial charge in [0.1, 0.15) is 5.75 Å². The highest BCUT2D eigenvalue weighted by Crippen LogP contribution is 2.25. The SMILES string of the molecule is COc1ccc2cc(C(CN)OC)ccc2c1. The van der Waals surface area contributed by atoms with Gasteiger partial charge in [-0.25, -0.2) is 0 Å². The highest BCUT2D eigenvalue weighted by atomic mass is 16.5. The number of ether oxygens (including phenoxy) is 2. The maximum Gasteiger partial charge on any atom is 0.119 e. The van der Waals surface area contributed by atoms with Crippen molar-refractivity contribution in [3.05, 3.63) is 42.0 Å². The molecule has 0 saturated carbocycles. The Kier molecular flexibility index (Phi) is 3.61. The Labute approximate surface area is 101 Å². The highest BCUT2D eigenvalue weighted by molar-refractivity contribution is 5.84. The quantitative estimate of drug-likeness (QED) is 0.879. The van der Waals surface area contributed by atoms with Gasteiger partial charge in [0.25, 0.3) is 0 Å². The molecule has 2 N–H and O–H groups in total. The largest absolute Gasteiger partial charge is 0.497 e. The van der Waals surface area contributed by atoms with Crippen molar-refractivity contribution in [3.8, 4) is 5.75 Å². The molecule has 3 nitrogen and oxygen atoms in total. The minimum Gasteiger partial charge on any atom is -0.497 e. The van der Waals surface area contributed by atoms with Gasteiger partial charge in [0.05, 0.1) is 13.2 Å². The number of hydrogen-bond donors (Lipinski definition) is 1. The van der Waals surface area contributed by atoms with Gasteiger partial charge in [0, 0.05) is 13.7 Å². The minimum atomic E-state index is -0.0403. The Morgan fingerprint density at radius 3 is 2.41 bits per heavy atom. The summed E-state index contributed by atoms with van der Waals surface area (Å²) < 4.78 is 10.5. The van der Waals surface area contributed by atoms with Crippen molar-refractivity contribution in [1.29, 1.82) is 0 Å². The van der Waals surface area contributed by atoms with Crippen LogP contribution in [0, 0.1) is 0 Å². The van der Waals surface area contributed by atoms with Crippen LogP contribution in [0.5, 0.6) is 5.75 Å². The number of methoxy groups -OCH3 is 2. The van der Waals surface area contributed by atoms with E-state index in [4.69, 9.17) is 15.2 Å². The van der Waals surface area contributed by atoms with Crippen molar-refractivity contribution in [2.75, 3.05) is 20.8 Å². The normalized spacial score (nSPS) is 12.6.